The summed E-state index contributed by atoms with van der Waals surface area (Å²) in [4.78, 5) is 27.6. The van der Waals surface area contributed by atoms with Crippen molar-refractivity contribution in [2.45, 2.75) is 63.7 Å². The monoisotopic (exact) mass is 454 g/mol. The van der Waals surface area contributed by atoms with E-state index < -0.39 is 53.2 Å². The minimum absolute atomic E-state index is 0.00208. The first-order chi connectivity index (χ1) is 13.9. The molecule has 1 aliphatic heterocycles. The molecule has 1 aliphatic rings. The fourth-order valence-electron chi connectivity index (χ4n) is 3.42. The Morgan fingerprint density at radius 3 is 1.81 bits per heavy atom. The van der Waals surface area contributed by atoms with E-state index in [4.69, 9.17) is 4.74 Å². The molecule has 0 N–H and O–H groups in total. The molecule has 0 radical (unpaired) electrons. The highest BCUT2D eigenvalue weighted by atomic mass is 19.4. The molecule has 174 valence electrons. The Kier molecular flexibility index (Phi) is 6.59. The topological polar surface area (TPSA) is 49.9 Å². The average Bonchev–Trinajstić information content (AvgIpc) is 3.02. The Morgan fingerprint density at radius 2 is 1.42 bits per heavy atom. The van der Waals surface area contributed by atoms with Gasteiger partial charge in [0.2, 0.25) is 5.91 Å². The molecule has 0 spiro atoms. The van der Waals surface area contributed by atoms with Crippen LogP contribution in [0.15, 0.2) is 18.2 Å². The summed E-state index contributed by atoms with van der Waals surface area (Å²) in [5.41, 5.74) is -4.31. The van der Waals surface area contributed by atoms with E-state index >= 15 is 0 Å². The van der Waals surface area contributed by atoms with Crippen molar-refractivity contribution in [3.63, 3.8) is 0 Å². The maximum Gasteiger partial charge on any atom is 0.416 e. The minimum Gasteiger partial charge on any atom is -0.444 e. The maximum absolute atomic E-state index is 13.3. The van der Waals surface area contributed by atoms with Crippen molar-refractivity contribution in [3.05, 3.63) is 34.9 Å². The molecular weight excluding hydrogens is 430 g/mol. The second-order valence-corrected chi connectivity index (χ2v) is 8.57. The van der Waals surface area contributed by atoms with Gasteiger partial charge >= 0.3 is 18.4 Å². The molecule has 1 aromatic carbocycles. The van der Waals surface area contributed by atoms with Crippen molar-refractivity contribution in [1.29, 1.82) is 0 Å². The molecule has 0 unspecified atom stereocenters. The van der Waals surface area contributed by atoms with Crippen molar-refractivity contribution in [1.82, 2.24) is 9.80 Å². The Bertz CT molecular complexity index is 811. The smallest absolute Gasteiger partial charge is 0.416 e. The molecule has 31 heavy (non-hydrogen) atoms. The number of carbonyl (C=O) groups excluding carboxylic acids is 2. The van der Waals surface area contributed by atoms with Crippen LogP contribution in [0.5, 0.6) is 0 Å². The third-order valence-electron chi connectivity index (χ3n) is 4.71. The maximum atomic E-state index is 13.3. The molecule has 0 bridgehead atoms. The molecule has 1 aromatic rings. The second kappa shape index (κ2) is 8.23. The first kappa shape index (κ1) is 24.8. The molecule has 2 rings (SSSR count). The number of amides is 2. The predicted octanol–water partition coefficient (Wildman–Crippen LogP) is 5.25. The zero-order valence-corrected chi connectivity index (χ0v) is 17.7. The van der Waals surface area contributed by atoms with Gasteiger partial charge in [-0.1, -0.05) is 0 Å². The molecule has 11 heteroatoms. The van der Waals surface area contributed by atoms with Gasteiger partial charge in [0.1, 0.15) is 11.6 Å². The van der Waals surface area contributed by atoms with Gasteiger partial charge in [-0.05, 0) is 57.4 Å². The van der Waals surface area contributed by atoms with E-state index in [1.54, 1.807) is 20.8 Å². The zero-order valence-electron chi connectivity index (χ0n) is 17.7. The van der Waals surface area contributed by atoms with Gasteiger partial charge in [-0.2, -0.15) is 26.3 Å². The van der Waals surface area contributed by atoms with Gasteiger partial charge < -0.3 is 9.64 Å². The molecule has 5 nitrogen and oxygen atoms in total. The first-order valence-corrected chi connectivity index (χ1v) is 9.43. The van der Waals surface area contributed by atoms with Gasteiger partial charge in [0.15, 0.2) is 0 Å². The van der Waals surface area contributed by atoms with E-state index in [1.165, 1.54) is 19.0 Å². The molecule has 0 saturated carbocycles. The fourth-order valence-corrected chi connectivity index (χ4v) is 3.42. The van der Waals surface area contributed by atoms with Gasteiger partial charge in [-0.15, -0.1) is 0 Å². The van der Waals surface area contributed by atoms with Gasteiger partial charge in [0, 0.05) is 14.1 Å². The van der Waals surface area contributed by atoms with Crippen LogP contribution in [-0.2, 0) is 21.9 Å². The molecule has 2 atom stereocenters. The van der Waals surface area contributed by atoms with Crippen molar-refractivity contribution < 1.29 is 40.7 Å². The molecule has 1 heterocycles. The van der Waals surface area contributed by atoms with E-state index in [-0.39, 0.29) is 24.5 Å². The van der Waals surface area contributed by atoms with Gasteiger partial charge in [0.25, 0.3) is 0 Å². The number of benzene rings is 1. The van der Waals surface area contributed by atoms with Crippen LogP contribution >= 0.6 is 0 Å². The second-order valence-electron chi connectivity index (χ2n) is 8.57. The van der Waals surface area contributed by atoms with Crippen LogP contribution in [0, 0.1) is 0 Å². The molecule has 0 aliphatic carbocycles. The van der Waals surface area contributed by atoms with E-state index in [1.807, 2.05) is 0 Å². The normalized spacial score (nSPS) is 20.0. The molecule has 0 aromatic heterocycles. The number of nitrogens with zero attached hydrogens (tertiary/aromatic N) is 2. The number of likely N-dealkylation sites (N-methyl/N-ethyl adjacent to an activating group) is 1. The van der Waals surface area contributed by atoms with E-state index in [9.17, 15) is 35.9 Å². The number of halogens is 6. The van der Waals surface area contributed by atoms with Crippen LogP contribution in [0.25, 0.3) is 0 Å². The Labute approximate surface area is 175 Å². The van der Waals surface area contributed by atoms with Crippen LogP contribution in [0.1, 0.15) is 56.3 Å². The number of carbonyl (C=O) groups is 2. The first-order valence-electron chi connectivity index (χ1n) is 9.43. The fraction of sp³-hybridized carbons (Fsp3) is 0.600. The number of alkyl halides is 6. The zero-order chi connectivity index (χ0) is 23.9. The quantitative estimate of drug-likeness (QED) is 0.574. The lowest BCUT2D eigenvalue weighted by atomic mass is 9.98. The van der Waals surface area contributed by atoms with Crippen LogP contribution < -0.4 is 0 Å². The van der Waals surface area contributed by atoms with Crippen LogP contribution in [0.2, 0.25) is 0 Å². The van der Waals surface area contributed by atoms with E-state index in [0.717, 1.165) is 4.90 Å². The Balaban J connectivity index is 2.60. The third-order valence-corrected chi connectivity index (χ3v) is 4.71. The van der Waals surface area contributed by atoms with Crippen molar-refractivity contribution in [3.8, 4) is 0 Å². The summed E-state index contributed by atoms with van der Waals surface area (Å²) in [5, 5.41) is 0. The third kappa shape index (κ3) is 5.82. The minimum atomic E-state index is -5.02. The van der Waals surface area contributed by atoms with Gasteiger partial charge in [-0.3, -0.25) is 9.69 Å². The number of ether oxygens (including phenoxy) is 1. The Morgan fingerprint density at radius 1 is 0.935 bits per heavy atom. The number of hydrogen-bond donors (Lipinski definition) is 0. The summed E-state index contributed by atoms with van der Waals surface area (Å²) in [5.74, 6) is -0.503. The van der Waals surface area contributed by atoms with Crippen LogP contribution in [0.3, 0.4) is 0 Å². The van der Waals surface area contributed by atoms with Gasteiger partial charge in [-0.25, -0.2) is 4.79 Å². The number of likely N-dealkylation sites (tertiary alicyclic amines) is 1. The summed E-state index contributed by atoms with van der Waals surface area (Å²) < 4.78 is 85.0. The summed E-state index contributed by atoms with van der Waals surface area (Å²) >= 11 is 0. The summed E-state index contributed by atoms with van der Waals surface area (Å²) in [6.07, 6.45) is -11.0. The largest absolute Gasteiger partial charge is 0.444 e. The van der Waals surface area contributed by atoms with E-state index in [0.29, 0.717) is 12.1 Å². The molecule has 2 amide bonds. The van der Waals surface area contributed by atoms with Gasteiger partial charge in [0.05, 0.1) is 17.2 Å². The highest BCUT2D eigenvalue weighted by Crippen LogP contribution is 2.43. The lowest BCUT2D eigenvalue weighted by Gasteiger charge is -2.33. The highest BCUT2D eigenvalue weighted by Gasteiger charge is 2.45. The SMILES string of the molecule is CN(C)C(=O)[C@@H]1CC[C@H](c2cc(C(F)(F)F)cc(C(F)(F)F)c2)N1C(=O)OC(C)(C)C. The lowest BCUT2D eigenvalue weighted by Crippen LogP contribution is -2.48. The predicted molar refractivity (Wildman–Crippen MR) is 99.0 cm³/mol. The van der Waals surface area contributed by atoms with Crippen LogP contribution in [0.4, 0.5) is 31.1 Å². The number of hydrogen-bond acceptors (Lipinski definition) is 3. The Hall–Kier alpha value is -2.46. The standard InChI is InChI=1S/C20H24F6N2O3/c1-18(2,3)31-17(30)28-14(6-7-15(28)16(29)27(4)5)11-8-12(19(21,22)23)10-13(9-11)20(24,25)26/h8-10,14-15H,6-7H2,1-5H3/t14-,15+/m1/s1. The average molecular weight is 454 g/mol. The summed E-state index contributed by atoms with van der Waals surface area (Å²) in [7, 11) is 2.88. The molecular formula is C20H24F6N2O3. The van der Waals surface area contributed by atoms with Crippen LogP contribution in [-0.4, -0.2) is 47.5 Å². The van der Waals surface area contributed by atoms with Crippen molar-refractivity contribution in [2.24, 2.45) is 0 Å². The highest BCUT2D eigenvalue weighted by molar-refractivity contribution is 5.86. The molecule has 1 fully saturated rings. The lowest BCUT2D eigenvalue weighted by molar-refractivity contribution is -0.143. The molecule has 1 saturated heterocycles. The summed E-state index contributed by atoms with van der Waals surface area (Å²) in [6.45, 7) is 4.68. The van der Waals surface area contributed by atoms with Crippen molar-refractivity contribution >= 4 is 12.0 Å². The van der Waals surface area contributed by atoms with Crippen molar-refractivity contribution in [2.75, 3.05) is 14.1 Å². The van der Waals surface area contributed by atoms with E-state index in [2.05, 4.69) is 0 Å². The summed E-state index contributed by atoms with van der Waals surface area (Å²) in [6, 6.07) is -1.07. The number of rotatable bonds is 2.